The summed E-state index contributed by atoms with van der Waals surface area (Å²) in [6.07, 6.45) is 0. The second kappa shape index (κ2) is 13.0. The van der Waals surface area contributed by atoms with Gasteiger partial charge in [0.2, 0.25) is 0 Å². The average Bonchev–Trinajstić information content (AvgIpc) is 3.82. The molecule has 0 heterocycles. The van der Waals surface area contributed by atoms with Gasteiger partial charge in [-0.3, -0.25) is 0 Å². The van der Waals surface area contributed by atoms with Gasteiger partial charge in [0.05, 0.1) is 16.8 Å². The van der Waals surface area contributed by atoms with Crippen LogP contribution in [0.4, 0.5) is 17.1 Å². The summed E-state index contributed by atoms with van der Waals surface area (Å²) in [6, 6.07) is 67.2. The standard InChI is InChI=1S/C60H53N/c1-57(2,3)39-29-32-45-46-33-30-40(58(4,5)6)36-53(46)60(52(45)35-39)49-25-16-13-23-47(49)56-50(60)26-18-28-55(56)61(54-27-17-14-21-42(54)38-19-10-9-11-20-38)41-31-34-44-43-22-12-15-24-48(43)59(7,8)51(44)37-41/h9-37H,1-8H3. The maximum atomic E-state index is 2.57. The monoisotopic (exact) mass is 787 g/mol. The minimum Gasteiger partial charge on any atom is -0.309 e. The van der Waals surface area contributed by atoms with Crippen LogP contribution in [0.5, 0.6) is 0 Å². The van der Waals surface area contributed by atoms with E-state index in [0.29, 0.717) is 0 Å². The quantitative estimate of drug-likeness (QED) is 0.172. The maximum Gasteiger partial charge on any atom is 0.0726 e. The van der Waals surface area contributed by atoms with Crippen LogP contribution < -0.4 is 4.90 Å². The lowest BCUT2D eigenvalue weighted by Crippen LogP contribution is -2.27. The van der Waals surface area contributed by atoms with E-state index in [2.05, 4.69) is 236 Å². The highest BCUT2D eigenvalue weighted by molar-refractivity contribution is 6.03. The summed E-state index contributed by atoms with van der Waals surface area (Å²) in [5.74, 6) is 0. The van der Waals surface area contributed by atoms with Gasteiger partial charge >= 0.3 is 0 Å². The molecule has 8 aromatic carbocycles. The maximum absolute atomic E-state index is 2.57. The summed E-state index contributed by atoms with van der Waals surface area (Å²) >= 11 is 0. The Morgan fingerprint density at radius 3 is 1.51 bits per heavy atom. The molecule has 8 aromatic rings. The van der Waals surface area contributed by atoms with Crippen molar-refractivity contribution in [2.24, 2.45) is 0 Å². The lowest BCUT2D eigenvalue weighted by atomic mass is 9.69. The van der Waals surface area contributed by atoms with Crippen LogP contribution in [0.1, 0.15) is 99.9 Å². The molecule has 0 aliphatic heterocycles. The first-order valence-electron chi connectivity index (χ1n) is 22.0. The third kappa shape index (κ3) is 5.32. The molecule has 1 nitrogen and oxygen atoms in total. The Balaban J connectivity index is 1.24. The van der Waals surface area contributed by atoms with Gasteiger partial charge in [-0.2, -0.15) is 0 Å². The van der Waals surface area contributed by atoms with Crippen LogP contribution in [-0.2, 0) is 21.7 Å². The molecule has 3 aliphatic carbocycles. The summed E-state index contributed by atoms with van der Waals surface area (Å²) in [5.41, 5.74) is 24.1. The second-order valence-corrected chi connectivity index (χ2v) is 20.1. The Labute approximate surface area is 362 Å². The van der Waals surface area contributed by atoms with E-state index < -0.39 is 5.41 Å². The van der Waals surface area contributed by atoms with Crippen LogP contribution in [0.25, 0.3) is 44.5 Å². The van der Waals surface area contributed by atoms with Gasteiger partial charge in [-0.1, -0.05) is 207 Å². The molecule has 0 radical (unpaired) electrons. The highest BCUT2D eigenvalue weighted by Gasteiger charge is 2.53. The van der Waals surface area contributed by atoms with Gasteiger partial charge in [0, 0.05) is 22.2 Å². The van der Waals surface area contributed by atoms with Crippen molar-refractivity contribution in [3.8, 4) is 44.5 Å². The molecule has 1 spiro atoms. The van der Waals surface area contributed by atoms with Crippen molar-refractivity contribution in [3.05, 3.63) is 220 Å². The van der Waals surface area contributed by atoms with Crippen LogP contribution in [0.3, 0.4) is 0 Å². The van der Waals surface area contributed by atoms with Gasteiger partial charge in [-0.25, -0.2) is 0 Å². The molecule has 1 heteroatoms. The molecular formula is C60H53N. The van der Waals surface area contributed by atoms with E-state index in [1.165, 1.54) is 94.7 Å². The third-order valence-electron chi connectivity index (χ3n) is 14.2. The molecule has 0 saturated heterocycles. The Hall–Kier alpha value is -6.44. The smallest absolute Gasteiger partial charge is 0.0726 e. The van der Waals surface area contributed by atoms with Crippen LogP contribution in [-0.4, -0.2) is 0 Å². The lowest BCUT2D eigenvalue weighted by Gasteiger charge is -2.34. The fourth-order valence-corrected chi connectivity index (χ4v) is 11.1. The summed E-state index contributed by atoms with van der Waals surface area (Å²) in [4.78, 5) is 2.57. The number of hydrogen-bond acceptors (Lipinski definition) is 1. The molecule has 0 N–H and O–H groups in total. The molecule has 0 bridgehead atoms. The van der Waals surface area contributed by atoms with Crippen molar-refractivity contribution in [2.75, 3.05) is 4.90 Å². The summed E-state index contributed by atoms with van der Waals surface area (Å²) in [7, 11) is 0. The van der Waals surface area contributed by atoms with E-state index in [1.807, 2.05) is 0 Å². The number of nitrogens with zero attached hydrogens (tertiary/aromatic N) is 1. The van der Waals surface area contributed by atoms with Crippen molar-refractivity contribution >= 4 is 17.1 Å². The average molecular weight is 788 g/mol. The molecule has 0 unspecified atom stereocenters. The molecule has 0 aromatic heterocycles. The van der Waals surface area contributed by atoms with Crippen molar-refractivity contribution in [1.82, 2.24) is 0 Å². The van der Waals surface area contributed by atoms with E-state index in [4.69, 9.17) is 0 Å². The van der Waals surface area contributed by atoms with E-state index in [0.717, 1.165) is 11.4 Å². The van der Waals surface area contributed by atoms with E-state index in [1.54, 1.807) is 0 Å². The molecular weight excluding hydrogens is 735 g/mol. The summed E-state index contributed by atoms with van der Waals surface area (Å²) < 4.78 is 0. The van der Waals surface area contributed by atoms with Gasteiger partial charge in [0.1, 0.15) is 0 Å². The predicted molar refractivity (Wildman–Crippen MR) is 258 cm³/mol. The molecule has 0 fully saturated rings. The number of hydrogen-bond donors (Lipinski definition) is 0. The van der Waals surface area contributed by atoms with E-state index in [9.17, 15) is 0 Å². The fraction of sp³-hybridized carbons (Fsp3) is 0.200. The number of benzene rings is 8. The number of rotatable bonds is 4. The minimum absolute atomic E-state index is 0.0106. The third-order valence-corrected chi connectivity index (χ3v) is 14.2. The van der Waals surface area contributed by atoms with Crippen LogP contribution >= 0.6 is 0 Å². The zero-order valence-corrected chi connectivity index (χ0v) is 36.7. The van der Waals surface area contributed by atoms with E-state index in [-0.39, 0.29) is 16.2 Å². The number of fused-ring (bicyclic) bond motifs is 13. The Morgan fingerprint density at radius 2 is 0.852 bits per heavy atom. The first-order valence-corrected chi connectivity index (χ1v) is 22.0. The summed E-state index contributed by atoms with van der Waals surface area (Å²) in [6.45, 7) is 18.8. The second-order valence-electron chi connectivity index (χ2n) is 20.1. The number of anilines is 3. The van der Waals surface area contributed by atoms with Crippen LogP contribution in [0, 0.1) is 0 Å². The molecule has 0 saturated carbocycles. The molecule has 0 amide bonds. The molecule has 0 atom stereocenters. The zero-order chi connectivity index (χ0) is 42.1. The van der Waals surface area contributed by atoms with Crippen LogP contribution in [0.15, 0.2) is 176 Å². The SMILES string of the molecule is CC(C)(C)c1ccc2c(c1)C1(c3cc(C(C)(C)C)ccc3-2)c2ccccc2-c2c(N(c3ccc4c(c3)C(C)(C)c3ccccc3-4)c3ccccc3-c3ccccc3)cccc21. The topological polar surface area (TPSA) is 3.24 Å². The fourth-order valence-electron chi connectivity index (χ4n) is 11.1. The predicted octanol–water partition coefficient (Wildman–Crippen LogP) is 16.1. The summed E-state index contributed by atoms with van der Waals surface area (Å²) in [5, 5.41) is 0. The van der Waals surface area contributed by atoms with Gasteiger partial charge in [-0.15, -0.1) is 0 Å². The zero-order valence-electron chi connectivity index (χ0n) is 36.7. The highest BCUT2D eigenvalue weighted by Crippen LogP contribution is 2.65. The molecule has 11 rings (SSSR count). The highest BCUT2D eigenvalue weighted by atomic mass is 15.1. The first-order chi connectivity index (χ1) is 29.3. The van der Waals surface area contributed by atoms with Crippen molar-refractivity contribution in [1.29, 1.82) is 0 Å². The van der Waals surface area contributed by atoms with Gasteiger partial charge in [0.25, 0.3) is 0 Å². The van der Waals surface area contributed by atoms with Crippen LogP contribution in [0.2, 0.25) is 0 Å². The van der Waals surface area contributed by atoms with Crippen molar-refractivity contribution < 1.29 is 0 Å². The van der Waals surface area contributed by atoms with Gasteiger partial charge in [-0.05, 0) is 113 Å². The lowest BCUT2D eigenvalue weighted by molar-refractivity contribution is 0.586. The van der Waals surface area contributed by atoms with Gasteiger partial charge < -0.3 is 4.90 Å². The number of para-hydroxylation sites is 1. The Bertz CT molecular complexity index is 3010. The van der Waals surface area contributed by atoms with Crippen molar-refractivity contribution in [3.63, 3.8) is 0 Å². The Kier molecular flexibility index (Phi) is 8.02. The molecule has 61 heavy (non-hydrogen) atoms. The normalized spacial score (nSPS) is 14.8. The molecule has 298 valence electrons. The van der Waals surface area contributed by atoms with Crippen molar-refractivity contribution in [2.45, 2.75) is 77.0 Å². The minimum atomic E-state index is -0.499. The molecule has 3 aliphatic rings. The van der Waals surface area contributed by atoms with E-state index >= 15 is 0 Å². The Morgan fingerprint density at radius 1 is 0.361 bits per heavy atom. The first kappa shape index (κ1) is 37.6. The van der Waals surface area contributed by atoms with Gasteiger partial charge in [0.15, 0.2) is 0 Å². The largest absolute Gasteiger partial charge is 0.309 e.